The molecule has 1 unspecified atom stereocenters. The first-order valence-electron chi connectivity index (χ1n) is 5.94. The third-order valence-electron chi connectivity index (χ3n) is 2.75. The van der Waals surface area contributed by atoms with E-state index in [9.17, 15) is 14.5 Å². The van der Waals surface area contributed by atoms with Crippen LogP contribution in [0.15, 0.2) is 42.5 Å². The molecule has 0 radical (unpaired) electrons. The van der Waals surface area contributed by atoms with Gasteiger partial charge >= 0.3 is 5.69 Å². The third-order valence-corrected chi connectivity index (χ3v) is 2.75. The number of ether oxygens (including phenoxy) is 1. The molecule has 104 valence electrons. The van der Waals surface area contributed by atoms with Crippen molar-refractivity contribution in [2.75, 3.05) is 0 Å². The van der Waals surface area contributed by atoms with Gasteiger partial charge in [0.25, 0.3) is 0 Å². The topological polar surface area (TPSA) is 78.4 Å². The summed E-state index contributed by atoms with van der Waals surface area (Å²) in [6.07, 6.45) is 0. The number of hydrogen-bond acceptors (Lipinski definition) is 4. The molecular weight excluding hydrogens is 263 g/mol. The van der Waals surface area contributed by atoms with Gasteiger partial charge < -0.3 is 10.5 Å². The van der Waals surface area contributed by atoms with Crippen molar-refractivity contribution in [2.45, 2.75) is 13.0 Å². The Kier molecular flexibility index (Phi) is 3.95. The van der Waals surface area contributed by atoms with Crippen molar-refractivity contribution in [1.82, 2.24) is 0 Å². The fourth-order valence-electron chi connectivity index (χ4n) is 1.69. The lowest BCUT2D eigenvalue weighted by atomic mass is 10.1. The highest BCUT2D eigenvalue weighted by Crippen LogP contribution is 2.32. The van der Waals surface area contributed by atoms with Crippen LogP contribution < -0.4 is 10.5 Å². The quantitative estimate of drug-likeness (QED) is 0.684. The Labute approximate surface area is 114 Å². The molecule has 0 amide bonds. The molecule has 0 aliphatic rings. The third kappa shape index (κ3) is 3.10. The number of benzene rings is 2. The number of nitrogens with two attached hydrogens (primary N) is 1. The summed E-state index contributed by atoms with van der Waals surface area (Å²) in [6.45, 7) is 1.85. The fraction of sp³-hybridized carbons (Fsp3) is 0.143. The fourth-order valence-corrected chi connectivity index (χ4v) is 1.69. The highest BCUT2D eigenvalue weighted by Gasteiger charge is 2.17. The predicted molar refractivity (Wildman–Crippen MR) is 72.2 cm³/mol. The normalized spacial score (nSPS) is 11.9. The molecular formula is C14H13FN2O3. The molecule has 5 nitrogen and oxygen atoms in total. The van der Waals surface area contributed by atoms with Gasteiger partial charge in [0.2, 0.25) is 5.75 Å². The van der Waals surface area contributed by atoms with Crippen LogP contribution in [0.4, 0.5) is 10.1 Å². The maximum absolute atomic E-state index is 13.0. The minimum Gasteiger partial charge on any atom is -0.450 e. The van der Waals surface area contributed by atoms with Crippen LogP contribution in [0.1, 0.15) is 18.5 Å². The van der Waals surface area contributed by atoms with Crippen molar-refractivity contribution in [2.24, 2.45) is 5.73 Å². The number of halogens is 1. The van der Waals surface area contributed by atoms with Crippen LogP contribution in [0.2, 0.25) is 0 Å². The lowest BCUT2D eigenvalue weighted by molar-refractivity contribution is -0.385. The molecule has 0 spiro atoms. The van der Waals surface area contributed by atoms with Crippen LogP contribution in [0.3, 0.4) is 0 Å². The van der Waals surface area contributed by atoms with Crippen LogP contribution in [0, 0.1) is 15.9 Å². The van der Waals surface area contributed by atoms with E-state index in [0.29, 0.717) is 5.75 Å². The van der Waals surface area contributed by atoms with Crippen molar-refractivity contribution in [3.63, 3.8) is 0 Å². The first-order chi connectivity index (χ1) is 9.47. The lowest BCUT2D eigenvalue weighted by Crippen LogP contribution is -2.04. The first-order valence-corrected chi connectivity index (χ1v) is 5.94. The molecule has 6 heteroatoms. The number of nitrogens with zero attached hydrogens (tertiary/aromatic N) is 1. The molecule has 0 saturated carbocycles. The average Bonchev–Trinajstić information content (AvgIpc) is 2.41. The summed E-state index contributed by atoms with van der Waals surface area (Å²) in [7, 11) is 0. The maximum atomic E-state index is 13.0. The lowest BCUT2D eigenvalue weighted by Gasteiger charge is -2.09. The minimum absolute atomic E-state index is 0.00931. The second kappa shape index (κ2) is 5.66. The summed E-state index contributed by atoms with van der Waals surface area (Å²) in [5.41, 5.74) is 6.23. The molecule has 2 rings (SSSR count). The molecule has 0 heterocycles. The molecule has 0 aliphatic carbocycles. The predicted octanol–water partition coefficient (Wildman–Crippen LogP) is 3.55. The summed E-state index contributed by atoms with van der Waals surface area (Å²) in [4.78, 5) is 10.2. The second-order valence-electron chi connectivity index (χ2n) is 4.33. The molecule has 0 aromatic heterocycles. The molecule has 1 atom stereocenters. The van der Waals surface area contributed by atoms with Crippen molar-refractivity contribution in [3.05, 3.63) is 64.0 Å². The molecule has 0 saturated heterocycles. The Morgan fingerprint density at radius 2 is 1.90 bits per heavy atom. The van der Waals surface area contributed by atoms with E-state index in [1.807, 2.05) is 6.92 Å². The molecule has 0 fully saturated rings. The highest BCUT2D eigenvalue weighted by atomic mass is 19.1. The van der Waals surface area contributed by atoms with E-state index in [-0.39, 0.29) is 11.8 Å². The molecule has 0 aliphatic heterocycles. The van der Waals surface area contributed by atoms with Gasteiger partial charge in [-0.3, -0.25) is 10.1 Å². The van der Waals surface area contributed by atoms with Crippen LogP contribution in [0.25, 0.3) is 0 Å². The molecule has 20 heavy (non-hydrogen) atoms. The Bertz CT molecular complexity index is 627. The zero-order valence-corrected chi connectivity index (χ0v) is 10.7. The summed E-state index contributed by atoms with van der Waals surface area (Å²) in [5, 5.41) is 10.8. The minimum atomic E-state index is -0.686. The summed E-state index contributed by atoms with van der Waals surface area (Å²) in [5.74, 6) is -0.273. The number of nitro groups is 1. The van der Waals surface area contributed by atoms with E-state index in [0.717, 1.165) is 17.7 Å². The maximum Gasteiger partial charge on any atom is 0.314 e. The zero-order valence-electron chi connectivity index (χ0n) is 10.7. The van der Waals surface area contributed by atoms with Crippen LogP contribution in [-0.2, 0) is 0 Å². The van der Waals surface area contributed by atoms with Gasteiger partial charge in [-0.2, -0.15) is 0 Å². The molecule has 2 N–H and O–H groups in total. The smallest absolute Gasteiger partial charge is 0.314 e. The molecule has 2 aromatic rings. The van der Waals surface area contributed by atoms with E-state index >= 15 is 0 Å². The number of rotatable bonds is 4. The largest absolute Gasteiger partial charge is 0.450 e. The van der Waals surface area contributed by atoms with Gasteiger partial charge in [-0.15, -0.1) is 0 Å². The zero-order chi connectivity index (χ0) is 14.7. The molecule has 0 bridgehead atoms. The Morgan fingerprint density at radius 1 is 1.25 bits per heavy atom. The van der Waals surface area contributed by atoms with Gasteiger partial charge in [0, 0.05) is 6.04 Å². The monoisotopic (exact) mass is 276 g/mol. The van der Waals surface area contributed by atoms with E-state index in [2.05, 4.69) is 0 Å². The number of nitro benzene ring substituents is 1. The average molecular weight is 276 g/mol. The molecule has 2 aromatic carbocycles. The summed E-state index contributed by atoms with van der Waals surface area (Å²) < 4.78 is 18.4. The Morgan fingerprint density at radius 3 is 2.45 bits per heavy atom. The van der Waals surface area contributed by atoms with E-state index < -0.39 is 16.4 Å². The van der Waals surface area contributed by atoms with Crippen molar-refractivity contribution in [1.29, 1.82) is 0 Å². The van der Waals surface area contributed by atoms with Gasteiger partial charge in [-0.25, -0.2) is 4.39 Å². The van der Waals surface area contributed by atoms with Crippen molar-refractivity contribution >= 4 is 5.69 Å². The van der Waals surface area contributed by atoms with Crippen molar-refractivity contribution < 1.29 is 14.1 Å². The summed E-state index contributed by atoms with van der Waals surface area (Å²) in [6, 6.07) is 9.92. The number of hydrogen-bond donors (Lipinski definition) is 1. The summed E-state index contributed by atoms with van der Waals surface area (Å²) >= 11 is 0. The van der Waals surface area contributed by atoms with E-state index in [1.54, 1.807) is 24.3 Å². The van der Waals surface area contributed by atoms with Gasteiger partial charge in [-0.1, -0.05) is 12.1 Å². The second-order valence-corrected chi connectivity index (χ2v) is 4.33. The van der Waals surface area contributed by atoms with Gasteiger partial charge in [0.15, 0.2) is 0 Å². The van der Waals surface area contributed by atoms with E-state index in [4.69, 9.17) is 10.5 Å². The van der Waals surface area contributed by atoms with Gasteiger partial charge in [-0.05, 0) is 36.8 Å². The van der Waals surface area contributed by atoms with Gasteiger partial charge in [0.1, 0.15) is 11.6 Å². The van der Waals surface area contributed by atoms with Crippen LogP contribution >= 0.6 is 0 Å². The van der Waals surface area contributed by atoms with Gasteiger partial charge in [0.05, 0.1) is 11.0 Å². The highest BCUT2D eigenvalue weighted by molar-refractivity contribution is 5.48. The van der Waals surface area contributed by atoms with Crippen molar-refractivity contribution in [3.8, 4) is 11.5 Å². The Balaban J connectivity index is 2.28. The SMILES string of the molecule is CC(N)c1ccc(Oc2ccc(F)cc2[N+](=O)[O-])cc1. The first kappa shape index (κ1) is 14.0. The van der Waals surface area contributed by atoms with E-state index in [1.165, 1.54) is 6.07 Å². The van der Waals surface area contributed by atoms with Crippen LogP contribution in [0.5, 0.6) is 11.5 Å². The standard InChI is InChI=1S/C14H13FN2O3/c1-9(16)10-2-5-12(6-3-10)20-14-7-4-11(15)8-13(14)17(18)19/h2-9H,16H2,1H3. The van der Waals surface area contributed by atoms with Crippen LogP contribution in [-0.4, -0.2) is 4.92 Å². The Hall–Kier alpha value is -2.47.